The van der Waals surface area contributed by atoms with Crippen LogP contribution < -0.4 is 5.32 Å². The average molecular weight is 401 g/mol. The number of nitrogens with zero attached hydrogens (tertiary/aromatic N) is 1. The van der Waals surface area contributed by atoms with E-state index in [4.69, 9.17) is 4.74 Å². The topological polar surface area (TPSA) is 92.8 Å². The number of fused-ring (bicyclic) bond motifs is 1. The first kappa shape index (κ1) is 19.3. The third kappa shape index (κ3) is 3.65. The highest BCUT2D eigenvalue weighted by Crippen LogP contribution is 2.40. The van der Waals surface area contributed by atoms with Crippen molar-refractivity contribution >= 4 is 38.2 Å². The van der Waals surface area contributed by atoms with E-state index in [0.717, 1.165) is 36.0 Å². The second-order valence-corrected chi connectivity index (χ2v) is 10.1. The molecule has 26 heavy (non-hydrogen) atoms. The minimum absolute atomic E-state index is 0.346. The van der Waals surface area contributed by atoms with Crippen LogP contribution in [0.3, 0.4) is 0 Å². The highest BCUT2D eigenvalue weighted by atomic mass is 32.2. The summed E-state index contributed by atoms with van der Waals surface area (Å²) in [5.74, 6) is -0.311. The van der Waals surface area contributed by atoms with E-state index in [1.807, 2.05) is 0 Å². The molecule has 1 N–H and O–H groups in total. The zero-order valence-electron chi connectivity index (χ0n) is 15.2. The number of sulfonamides is 1. The molecule has 0 aromatic carbocycles. The Morgan fingerprint density at radius 2 is 2.04 bits per heavy atom. The Morgan fingerprint density at radius 1 is 1.31 bits per heavy atom. The van der Waals surface area contributed by atoms with E-state index in [-0.39, 0.29) is 5.91 Å². The van der Waals surface area contributed by atoms with Gasteiger partial charge in [0.05, 0.1) is 18.9 Å². The van der Waals surface area contributed by atoms with Crippen LogP contribution in [0.2, 0.25) is 0 Å². The Kier molecular flexibility index (Phi) is 5.41. The average Bonchev–Trinajstić information content (AvgIpc) is 3.17. The smallest absolute Gasteiger partial charge is 0.341 e. The van der Waals surface area contributed by atoms with Crippen LogP contribution in [0.4, 0.5) is 5.00 Å². The molecule has 0 radical (unpaired) electrons. The lowest BCUT2D eigenvalue weighted by molar-refractivity contribution is -0.119. The second-order valence-electron chi connectivity index (χ2n) is 7.07. The largest absolute Gasteiger partial charge is 0.465 e. The highest BCUT2D eigenvalue weighted by Gasteiger charge is 2.37. The number of carbonyl (C=O) groups is 2. The van der Waals surface area contributed by atoms with Crippen LogP contribution in [-0.2, 0) is 32.4 Å². The van der Waals surface area contributed by atoms with E-state index in [1.54, 1.807) is 0 Å². The molecule has 2 aliphatic rings. The summed E-state index contributed by atoms with van der Waals surface area (Å²) in [4.78, 5) is 26.2. The summed E-state index contributed by atoms with van der Waals surface area (Å²) in [5.41, 5.74) is 1.39. The Hall–Kier alpha value is -1.45. The molecule has 9 heteroatoms. The molecule has 1 aliphatic heterocycles. The molecule has 144 valence electrons. The van der Waals surface area contributed by atoms with Gasteiger partial charge in [-0.25, -0.2) is 13.2 Å². The summed E-state index contributed by atoms with van der Waals surface area (Å²) in [6.45, 7) is 2.51. The van der Waals surface area contributed by atoms with E-state index in [9.17, 15) is 18.0 Å². The molecule has 2 heterocycles. The number of hydrogen-bond donors (Lipinski definition) is 1. The van der Waals surface area contributed by atoms with Gasteiger partial charge in [0.2, 0.25) is 15.9 Å². The summed E-state index contributed by atoms with van der Waals surface area (Å²) in [5, 5.41) is 3.29. The predicted molar refractivity (Wildman–Crippen MR) is 100 cm³/mol. The zero-order chi connectivity index (χ0) is 19.1. The second kappa shape index (κ2) is 7.28. The molecule has 2 unspecified atom stereocenters. The lowest BCUT2D eigenvalue weighted by atomic mass is 9.88. The van der Waals surface area contributed by atoms with E-state index < -0.39 is 22.0 Å². The first-order valence-corrected chi connectivity index (χ1v) is 11.4. The fourth-order valence-corrected chi connectivity index (χ4v) is 6.28. The van der Waals surface area contributed by atoms with Gasteiger partial charge in [0, 0.05) is 11.4 Å². The van der Waals surface area contributed by atoms with Crippen molar-refractivity contribution in [3.05, 3.63) is 16.0 Å². The van der Waals surface area contributed by atoms with Gasteiger partial charge in [0.1, 0.15) is 11.0 Å². The third-order valence-corrected chi connectivity index (χ3v) is 7.53. The van der Waals surface area contributed by atoms with Crippen molar-refractivity contribution in [1.29, 1.82) is 0 Å². The van der Waals surface area contributed by atoms with Crippen LogP contribution >= 0.6 is 11.3 Å². The van der Waals surface area contributed by atoms with Gasteiger partial charge in [0.15, 0.2) is 0 Å². The molecule has 0 saturated carbocycles. The van der Waals surface area contributed by atoms with Gasteiger partial charge in [-0.3, -0.25) is 4.79 Å². The highest BCUT2D eigenvalue weighted by molar-refractivity contribution is 7.88. The van der Waals surface area contributed by atoms with Crippen LogP contribution in [0, 0.1) is 5.92 Å². The van der Waals surface area contributed by atoms with E-state index >= 15 is 0 Å². The lowest BCUT2D eigenvalue weighted by Crippen LogP contribution is -2.42. The number of anilines is 1. The van der Waals surface area contributed by atoms with Gasteiger partial charge < -0.3 is 10.1 Å². The van der Waals surface area contributed by atoms with Crippen molar-refractivity contribution in [3.8, 4) is 0 Å². The normalized spacial score (nSPS) is 23.5. The molecule has 3 rings (SSSR count). The van der Waals surface area contributed by atoms with Crippen molar-refractivity contribution in [2.45, 2.75) is 45.1 Å². The molecule has 1 aliphatic carbocycles. The Balaban J connectivity index is 1.90. The van der Waals surface area contributed by atoms with Crippen molar-refractivity contribution in [2.24, 2.45) is 5.92 Å². The lowest BCUT2D eigenvalue weighted by Gasteiger charge is -2.21. The predicted octanol–water partition coefficient (Wildman–Crippen LogP) is 2.02. The molecule has 1 fully saturated rings. The number of amides is 1. The summed E-state index contributed by atoms with van der Waals surface area (Å²) in [7, 11) is -2.12. The monoisotopic (exact) mass is 400 g/mol. The van der Waals surface area contributed by atoms with Crippen molar-refractivity contribution < 1.29 is 22.7 Å². The van der Waals surface area contributed by atoms with Gasteiger partial charge in [-0.2, -0.15) is 4.31 Å². The van der Waals surface area contributed by atoms with Gasteiger partial charge in [-0.05, 0) is 43.6 Å². The molecule has 1 aromatic heterocycles. The van der Waals surface area contributed by atoms with Gasteiger partial charge in [-0.1, -0.05) is 6.92 Å². The Labute approximate surface area is 157 Å². The summed E-state index contributed by atoms with van der Waals surface area (Å²) in [6, 6.07) is -0.728. The summed E-state index contributed by atoms with van der Waals surface area (Å²) < 4.78 is 29.9. The molecular weight excluding hydrogens is 376 g/mol. The molecule has 1 amide bonds. The molecule has 1 aromatic rings. The molecule has 1 saturated heterocycles. The minimum Gasteiger partial charge on any atom is -0.465 e. The SMILES string of the molecule is COC(=O)c1c(NC(=O)C2CCCN2S(C)(=O)=O)sc2c1CCC(C)C2. The maximum atomic E-state index is 12.7. The number of carbonyl (C=O) groups excluding carboxylic acids is 2. The number of esters is 1. The maximum Gasteiger partial charge on any atom is 0.341 e. The fourth-order valence-electron chi connectivity index (χ4n) is 3.75. The number of ether oxygens (including phenoxy) is 1. The first-order valence-electron chi connectivity index (χ1n) is 8.73. The summed E-state index contributed by atoms with van der Waals surface area (Å²) in [6.07, 6.45) is 4.89. The van der Waals surface area contributed by atoms with Crippen LogP contribution in [0.25, 0.3) is 0 Å². The Bertz CT molecular complexity index is 830. The van der Waals surface area contributed by atoms with Crippen LogP contribution in [0.15, 0.2) is 0 Å². The molecular formula is C17H24N2O5S2. The number of rotatable bonds is 4. The van der Waals surface area contributed by atoms with E-state index in [1.165, 1.54) is 22.8 Å². The van der Waals surface area contributed by atoms with Crippen LogP contribution in [-0.4, -0.2) is 50.6 Å². The van der Waals surface area contributed by atoms with Crippen molar-refractivity contribution in [1.82, 2.24) is 4.31 Å². The Morgan fingerprint density at radius 3 is 2.69 bits per heavy atom. The first-order chi connectivity index (χ1) is 12.2. The zero-order valence-corrected chi connectivity index (χ0v) is 16.8. The fraction of sp³-hybridized carbons (Fsp3) is 0.647. The minimum atomic E-state index is -3.45. The quantitative estimate of drug-likeness (QED) is 0.781. The molecule has 0 spiro atoms. The third-order valence-electron chi connectivity index (χ3n) is 5.07. The standard InChI is InChI=1S/C17H24N2O5S2/c1-10-6-7-11-13(9-10)25-16(14(11)17(21)24-2)18-15(20)12-5-4-8-19(12)26(3,22)23/h10,12H,4-9H2,1-3H3,(H,18,20). The molecule has 7 nitrogen and oxygen atoms in total. The maximum absolute atomic E-state index is 12.7. The van der Waals surface area contributed by atoms with Crippen LogP contribution in [0.5, 0.6) is 0 Å². The number of nitrogens with one attached hydrogen (secondary N) is 1. The van der Waals surface area contributed by atoms with Gasteiger partial charge >= 0.3 is 5.97 Å². The van der Waals surface area contributed by atoms with Crippen molar-refractivity contribution in [3.63, 3.8) is 0 Å². The molecule has 2 atom stereocenters. The number of hydrogen-bond acceptors (Lipinski definition) is 6. The number of methoxy groups -OCH3 is 1. The van der Waals surface area contributed by atoms with E-state index in [2.05, 4.69) is 12.2 Å². The molecule has 0 bridgehead atoms. The van der Waals surface area contributed by atoms with Crippen LogP contribution in [0.1, 0.15) is 47.0 Å². The van der Waals surface area contributed by atoms with Gasteiger partial charge in [0.25, 0.3) is 0 Å². The number of thiophene rings is 1. The summed E-state index contributed by atoms with van der Waals surface area (Å²) >= 11 is 1.40. The van der Waals surface area contributed by atoms with Crippen molar-refractivity contribution in [2.75, 3.05) is 25.2 Å². The van der Waals surface area contributed by atoms with Gasteiger partial charge in [-0.15, -0.1) is 11.3 Å². The van der Waals surface area contributed by atoms with E-state index in [0.29, 0.717) is 35.9 Å².